The Balaban J connectivity index is 1.22. The summed E-state index contributed by atoms with van der Waals surface area (Å²) < 4.78 is 41.6. The molecule has 0 unspecified atom stereocenters. The van der Waals surface area contributed by atoms with E-state index < -0.39 is 11.6 Å². The second-order valence-corrected chi connectivity index (χ2v) is 11.9. The van der Waals surface area contributed by atoms with Crippen molar-refractivity contribution < 1.29 is 27.8 Å². The van der Waals surface area contributed by atoms with E-state index in [1.165, 1.54) is 18.1 Å². The molecular weight excluding hydrogens is 604 g/mol. The third kappa shape index (κ3) is 5.64. The number of rotatable bonds is 8. The molecule has 6 rings (SSSR count). The number of hydrogen-bond acceptors (Lipinski definition) is 7. The van der Waals surface area contributed by atoms with Crippen molar-refractivity contribution in [2.24, 2.45) is 0 Å². The molecule has 0 radical (unpaired) electrons. The van der Waals surface area contributed by atoms with Gasteiger partial charge in [0, 0.05) is 29.3 Å². The molecule has 1 saturated heterocycles. The lowest BCUT2D eigenvalue weighted by atomic mass is 10.0. The van der Waals surface area contributed by atoms with Gasteiger partial charge < -0.3 is 24.6 Å². The Morgan fingerprint density at radius 3 is 2.38 bits per heavy atom. The van der Waals surface area contributed by atoms with E-state index in [4.69, 9.17) is 21.1 Å². The Kier molecular flexibility index (Phi) is 7.82. The summed E-state index contributed by atoms with van der Waals surface area (Å²) >= 11 is 6.50. The van der Waals surface area contributed by atoms with E-state index in [0.717, 1.165) is 24.1 Å². The van der Waals surface area contributed by atoms with Crippen molar-refractivity contribution in [2.45, 2.75) is 45.3 Å². The van der Waals surface area contributed by atoms with Gasteiger partial charge in [0.25, 0.3) is 5.91 Å². The lowest BCUT2D eigenvalue weighted by Crippen LogP contribution is -2.40. The predicted octanol–water partition coefficient (Wildman–Crippen LogP) is 6.90. The first-order valence-electron chi connectivity index (χ1n) is 14.2. The number of carbonyl (C=O) groups excluding carboxylic acids is 2. The number of nitrogens with zero attached hydrogens (tertiary/aromatic N) is 4. The Morgan fingerprint density at radius 1 is 1.00 bits per heavy atom. The van der Waals surface area contributed by atoms with Gasteiger partial charge >= 0.3 is 0 Å². The highest BCUT2D eigenvalue weighted by molar-refractivity contribution is 6.34. The molecule has 2 amide bonds. The normalized spacial score (nSPS) is 15.4. The summed E-state index contributed by atoms with van der Waals surface area (Å²) in [5, 5.41) is 2.96. The van der Waals surface area contributed by atoms with Gasteiger partial charge in [-0.2, -0.15) is 0 Å². The summed E-state index contributed by atoms with van der Waals surface area (Å²) in [5.41, 5.74) is 1.33. The van der Waals surface area contributed by atoms with Gasteiger partial charge in [-0.3, -0.25) is 9.59 Å². The van der Waals surface area contributed by atoms with Crippen molar-refractivity contribution in [1.82, 2.24) is 14.9 Å². The number of amides is 2. The quantitative estimate of drug-likeness (QED) is 0.226. The van der Waals surface area contributed by atoms with Crippen LogP contribution in [0.3, 0.4) is 0 Å². The maximum atomic E-state index is 15.4. The van der Waals surface area contributed by atoms with Crippen LogP contribution in [0, 0.1) is 11.6 Å². The minimum atomic E-state index is -0.869. The SMILES string of the molecule is COc1ccc(CN2Cc3nc(-c4c(F)cc(Nc5ccc(N6C(=O)CCC6(C)C)cn5)cc4F)cc(Cl)c3C2=O)c(OC)c1. The summed E-state index contributed by atoms with van der Waals surface area (Å²) in [6.45, 7) is 4.29. The fourth-order valence-corrected chi connectivity index (χ4v) is 6.15. The van der Waals surface area contributed by atoms with Crippen LogP contribution in [0.5, 0.6) is 11.5 Å². The predicted molar refractivity (Wildman–Crippen MR) is 166 cm³/mol. The van der Waals surface area contributed by atoms with E-state index in [2.05, 4.69) is 15.3 Å². The first-order valence-corrected chi connectivity index (χ1v) is 14.6. The van der Waals surface area contributed by atoms with Crippen LogP contribution in [0.1, 0.15) is 48.3 Å². The van der Waals surface area contributed by atoms with Crippen LogP contribution in [0.15, 0.2) is 54.7 Å². The van der Waals surface area contributed by atoms with Crippen LogP contribution in [0.2, 0.25) is 5.02 Å². The summed E-state index contributed by atoms with van der Waals surface area (Å²) in [4.78, 5) is 37.7. The van der Waals surface area contributed by atoms with Crippen molar-refractivity contribution in [2.75, 3.05) is 24.4 Å². The van der Waals surface area contributed by atoms with Gasteiger partial charge in [0.05, 0.1) is 66.7 Å². The van der Waals surface area contributed by atoms with Crippen LogP contribution >= 0.6 is 11.6 Å². The Bertz CT molecular complexity index is 1810. The van der Waals surface area contributed by atoms with Gasteiger partial charge in [-0.15, -0.1) is 0 Å². The molecule has 4 aromatic rings. The summed E-state index contributed by atoms with van der Waals surface area (Å²) in [6, 6.07) is 12.2. The lowest BCUT2D eigenvalue weighted by Gasteiger charge is -2.31. The Hall–Kier alpha value is -4.77. The van der Waals surface area contributed by atoms with Gasteiger partial charge in [-0.25, -0.2) is 18.7 Å². The fourth-order valence-electron chi connectivity index (χ4n) is 5.86. The molecule has 0 atom stereocenters. The third-order valence-corrected chi connectivity index (χ3v) is 8.42. The summed E-state index contributed by atoms with van der Waals surface area (Å²) in [5.74, 6) is -0.550. The molecule has 2 aromatic heterocycles. The van der Waals surface area contributed by atoms with Gasteiger partial charge in [0.2, 0.25) is 5.91 Å². The molecule has 0 saturated carbocycles. The molecule has 45 heavy (non-hydrogen) atoms. The highest BCUT2D eigenvalue weighted by Gasteiger charge is 2.38. The van der Waals surface area contributed by atoms with Gasteiger partial charge in [-0.05, 0) is 62.7 Å². The zero-order valence-corrected chi connectivity index (χ0v) is 25.8. The number of fused-ring (bicyclic) bond motifs is 1. The van der Waals surface area contributed by atoms with Gasteiger partial charge in [0.15, 0.2) is 0 Å². The van der Waals surface area contributed by atoms with Crippen molar-refractivity contribution in [3.05, 3.63) is 88.2 Å². The summed E-state index contributed by atoms with van der Waals surface area (Å²) in [7, 11) is 3.07. The van der Waals surface area contributed by atoms with Crippen LogP contribution in [-0.4, -0.2) is 46.4 Å². The molecule has 0 bridgehead atoms. The molecule has 1 fully saturated rings. The first kappa shape index (κ1) is 30.3. The molecule has 232 valence electrons. The van der Waals surface area contributed by atoms with E-state index in [1.807, 2.05) is 13.8 Å². The van der Waals surface area contributed by atoms with Crippen LogP contribution in [0.25, 0.3) is 11.3 Å². The van der Waals surface area contributed by atoms with Gasteiger partial charge in [-0.1, -0.05) is 11.6 Å². The largest absolute Gasteiger partial charge is 0.497 e. The standard InChI is InChI=1S/C33H30ClF2N5O4/c1-33(2)10-9-29(42)41(33)20-6-8-28(37-15-20)38-19-11-23(35)31(24(36)12-19)25-14-22(34)30-26(39-25)17-40(32(30)43)16-18-5-7-21(44-3)13-27(18)45-4/h5-8,11-15H,9-10,16-17H2,1-4H3,(H,37,38). The molecule has 2 aromatic carbocycles. The zero-order valence-electron chi connectivity index (χ0n) is 25.1. The van der Waals surface area contributed by atoms with Gasteiger partial charge in [0.1, 0.15) is 29.0 Å². The number of carbonyl (C=O) groups is 2. The highest BCUT2D eigenvalue weighted by atomic mass is 35.5. The van der Waals surface area contributed by atoms with E-state index in [-0.39, 0.29) is 58.0 Å². The van der Waals surface area contributed by atoms with Crippen molar-refractivity contribution in [1.29, 1.82) is 0 Å². The maximum Gasteiger partial charge on any atom is 0.257 e. The van der Waals surface area contributed by atoms with E-state index in [0.29, 0.717) is 35.1 Å². The number of halogens is 3. The number of ether oxygens (including phenoxy) is 2. The molecule has 2 aliphatic heterocycles. The minimum absolute atomic E-state index is 0.0250. The number of nitrogens with one attached hydrogen (secondary N) is 1. The van der Waals surface area contributed by atoms with Crippen LogP contribution in [-0.2, 0) is 17.9 Å². The molecule has 0 aliphatic carbocycles. The average molecular weight is 634 g/mol. The van der Waals surface area contributed by atoms with Crippen LogP contribution < -0.4 is 19.7 Å². The number of benzene rings is 2. The minimum Gasteiger partial charge on any atom is -0.497 e. The number of aromatic nitrogens is 2. The molecule has 12 heteroatoms. The molecule has 0 spiro atoms. The second-order valence-electron chi connectivity index (χ2n) is 11.5. The molecular formula is C33H30ClF2N5O4. The van der Waals surface area contributed by atoms with Crippen molar-refractivity contribution in [3.63, 3.8) is 0 Å². The zero-order chi connectivity index (χ0) is 32.0. The second kappa shape index (κ2) is 11.6. The van der Waals surface area contributed by atoms with E-state index in [1.54, 1.807) is 48.5 Å². The summed E-state index contributed by atoms with van der Waals surface area (Å²) in [6.07, 6.45) is 2.77. The monoisotopic (exact) mass is 633 g/mol. The topological polar surface area (TPSA) is 96.9 Å². The third-order valence-electron chi connectivity index (χ3n) is 8.13. The van der Waals surface area contributed by atoms with E-state index >= 15 is 8.78 Å². The number of hydrogen-bond donors (Lipinski definition) is 1. The highest BCUT2D eigenvalue weighted by Crippen LogP contribution is 2.37. The van der Waals surface area contributed by atoms with Crippen LogP contribution in [0.4, 0.5) is 26.0 Å². The van der Waals surface area contributed by atoms with E-state index in [9.17, 15) is 9.59 Å². The average Bonchev–Trinajstić information content (AvgIpc) is 3.46. The molecule has 9 nitrogen and oxygen atoms in total. The molecule has 2 aliphatic rings. The smallest absolute Gasteiger partial charge is 0.257 e. The Labute approximate surface area is 263 Å². The Morgan fingerprint density at radius 2 is 1.76 bits per heavy atom. The number of methoxy groups -OCH3 is 2. The molecule has 4 heterocycles. The lowest BCUT2D eigenvalue weighted by molar-refractivity contribution is -0.117. The fraction of sp³-hybridized carbons (Fsp3) is 0.273. The molecule has 1 N–H and O–H groups in total. The van der Waals surface area contributed by atoms with Crippen molar-refractivity contribution in [3.8, 4) is 22.8 Å². The number of anilines is 3. The first-order chi connectivity index (χ1) is 21.5. The maximum absolute atomic E-state index is 15.4. The number of pyridine rings is 2. The van der Waals surface area contributed by atoms with Crippen molar-refractivity contribution >= 4 is 40.6 Å².